The van der Waals surface area contributed by atoms with Gasteiger partial charge in [-0.1, -0.05) is 91.0 Å². The maximum absolute atomic E-state index is 6.66. The van der Waals surface area contributed by atoms with Crippen LogP contribution in [0.3, 0.4) is 0 Å². The van der Waals surface area contributed by atoms with E-state index in [0.29, 0.717) is 52.1 Å². The molecule has 32 heavy (non-hydrogen) atoms. The summed E-state index contributed by atoms with van der Waals surface area (Å²) in [6.07, 6.45) is 0. The van der Waals surface area contributed by atoms with Gasteiger partial charge in [0.1, 0.15) is 5.60 Å². The summed E-state index contributed by atoms with van der Waals surface area (Å²) in [5.74, 6) is 0.500. The Kier molecular flexibility index (Phi) is 10.7. The van der Waals surface area contributed by atoms with Crippen LogP contribution in [0.1, 0.15) is 16.7 Å². The Morgan fingerprint density at radius 3 is 1.19 bits per heavy atom. The van der Waals surface area contributed by atoms with Gasteiger partial charge in [0.25, 0.3) is 0 Å². The topological polar surface area (TPSA) is 36.9 Å². The Morgan fingerprint density at radius 1 is 0.469 bits per heavy atom. The van der Waals surface area contributed by atoms with Gasteiger partial charge in [0, 0.05) is 5.88 Å². The SMILES string of the molecule is ClCCOCCOCCOCCOC(c1ccccc1)(c1ccccc1)c1ccccc1. The van der Waals surface area contributed by atoms with E-state index in [2.05, 4.69) is 36.4 Å². The van der Waals surface area contributed by atoms with Crippen LogP contribution in [0.4, 0.5) is 0 Å². The van der Waals surface area contributed by atoms with Crippen LogP contribution >= 0.6 is 11.6 Å². The molecule has 0 saturated carbocycles. The zero-order chi connectivity index (χ0) is 22.3. The molecule has 3 aromatic rings. The molecular weight excluding hydrogens is 424 g/mol. The second kappa shape index (κ2) is 14.0. The zero-order valence-electron chi connectivity index (χ0n) is 18.3. The average Bonchev–Trinajstić information content (AvgIpc) is 2.87. The maximum atomic E-state index is 6.66. The summed E-state index contributed by atoms with van der Waals surface area (Å²) in [5, 5.41) is 0. The average molecular weight is 455 g/mol. The molecule has 0 radical (unpaired) electrons. The van der Waals surface area contributed by atoms with Crippen LogP contribution in [0.15, 0.2) is 91.0 Å². The molecule has 4 nitrogen and oxygen atoms in total. The maximum Gasteiger partial charge on any atom is 0.143 e. The Labute approximate surface area is 196 Å². The van der Waals surface area contributed by atoms with E-state index in [1.165, 1.54) is 0 Å². The highest BCUT2D eigenvalue weighted by atomic mass is 35.5. The third-order valence-electron chi connectivity index (χ3n) is 5.05. The van der Waals surface area contributed by atoms with Crippen LogP contribution in [0.2, 0.25) is 0 Å². The van der Waals surface area contributed by atoms with Crippen molar-refractivity contribution in [2.45, 2.75) is 5.60 Å². The van der Waals surface area contributed by atoms with Crippen molar-refractivity contribution in [3.05, 3.63) is 108 Å². The second-order valence-corrected chi connectivity index (χ2v) is 7.53. The lowest BCUT2D eigenvalue weighted by Crippen LogP contribution is -2.34. The van der Waals surface area contributed by atoms with Gasteiger partial charge in [-0.2, -0.15) is 0 Å². The van der Waals surface area contributed by atoms with Crippen molar-refractivity contribution in [1.82, 2.24) is 0 Å². The van der Waals surface area contributed by atoms with Gasteiger partial charge in [0.05, 0.1) is 46.2 Å². The molecule has 170 valence electrons. The first kappa shape index (κ1) is 24.4. The summed E-state index contributed by atoms with van der Waals surface area (Å²) in [4.78, 5) is 0. The normalized spacial score (nSPS) is 11.5. The van der Waals surface area contributed by atoms with E-state index in [1.54, 1.807) is 0 Å². The number of benzene rings is 3. The van der Waals surface area contributed by atoms with Gasteiger partial charge >= 0.3 is 0 Å². The Bertz CT molecular complexity index is 762. The summed E-state index contributed by atoms with van der Waals surface area (Å²) in [5.41, 5.74) is 2.52. The predicted octanol–water partition coefficient (Wildman–Crippen LogP) is 5.28. The lowest BCUT2D eigenvalue weighted by Gasteiger charge is -2.36. The lowest BCUT2D eigenvalue weighted by atomic mass is 9.80. The van der Waals surface area contributed by atoms with E-state index < -0.39 is 5.60 Å². The van der Waals surface area contributed by atoms with Crippen molar-refractivity contribution < 1.29 is 18.9 Å². The Morgan fingerprint density at radius 2 is 0.812 bits per heavy atom. The molecule has 0 aromatic heterocycles. The predicted molar refractivity (Wildman–Crippen MR) is 128 cm³/mol. The van der Waals surface area contributed by atoms with Gasteiger partial charge in [-0.3, -0.25) is 0 Å². The molecule has 0 aliphatic carbocycles. The summed E-state index contributed by atoms with van der Waals surface area (Å²) in [6.45, 7) is 3.57. The molecule has 3 aromatic carbocycles. The van der Waals surface area contributed by atoms with Crippen LogP contribution < -0.4 is 0 Å². The smallest absolute Gasteiger partial charge is 0.143 e. The third kappa shape index (κ3) is 6.89. The van der Waals surface area contributed by atoms with Crippen molar-refractivity contribution in [2.75, 3.05) is 52.1 Å². The van der Waals surface area contributed by atoms with Crippen molar-refractivity contribution in [1.29, 1.82) is 0 Å². The number of rotatable bonds is 15. The van der Waals surface area contributed by atoms with Gasteiger partial charge in [-0.15, -0.1) is 11.6 Å². The molecule has 0 aliphatic heterocycles. The summed E-state index contributed by atoms with van der Waals surface area (Å²) >= 11 is 5.56. The highest BCUT2D eigenvalue weighted by molar-refractivity contribution is 6.17. The number of halogens is 1. The highest BCUT2D eigenvalue weighted by Crippen LogP contribution is 2.40. The Balaban J connectivity index is 1.64. The first-order chi connectivity index (χ1) is 15.9. The minimum atomic E-state index is -0.719. The molecule has 0 atom stereocenters. The number of ether oxygens (including phenoxy) is 4. The van der Waals surface area contributed by atoms with Gasteiger partial charge in [-0.05, 0) is 16.7 Å². The van der Waals surface area contributed by atoms with E-state index in [4.69, 9.17) is 30.5 Å². The molecule has 0 saturated heterocycles. The van der Waals surface area contributed by atoms with Gasteiger partial charge in [0.2, 0.25) is 0 Å². The van der Waals surface area contributed by atoms with Crippen LogP contribution in [0.25, 0.3) is 0 Å². The number of hydrogen-bond acceptors (Lipinski definition) is 4. The lowest BCUT2D eigenvalue weighted by molar-refractivity contribution is -0.0365. The van der Waals surface area contributed by atoms with Crippen molar-refractivity contribution >= 4 is 11.6 Å². The molecular formula is C27H31ClO4. The molecule has 3 rings (SSSR count). The first-order valence-corrected chi connectivity index (χ1v) is 11.5. The van der Waals surface area contributed by atoms with Crippen LogP contribution in [0.5, 0.6) is 0 Å². The van der Waals surface area contributed by atoms with E-state index in [9.17, 15) is 0 Å². The van der Waals surface area contributed by atoms with Crippen LogP contribution in [-0.2, 0) is 24.5 Å². The molecule has 0 amide bonds. The molecule has 5 heteroatoms. The van der Waals surface area contributed by atoms with Crippen LogP contribution in [-0.4, -0.2) is 52.1 Å². The van der Waals surface area contributed by atoms with Gasteiger partial charge < -0.3 is 18.9 Å². The quantitative estimate of drug-likeness (QED) is 0.178. The second-order valence-electron chi connectivity index (χ2n) is 7.15. The first-order valence-electron chi connectivity index (χ1n) is 11.0. The molecule has 0 N–H and O–H groups in total. The third-order valence-corrected chi connectivity index (χ3v) is 5.21. The van der Waals surface area contributed by atoms with E-state index >= 15 is 0 Å². The zero-order valence-corrected chi connectivity index (χ0v) is 19.1. The van der Waals surface area contributed by atoms with Crippen molar-refractivity contribution in [3.63, 3.8) is 0 Å². The van der Waals surface area contributed by atoms with Crippen molar-refractivity contribution in [2.24, 2.45) is 0 Å². The van der Waals surface area contributed by atoms with Gasteiger partial charge in [0.15, 0.2) is 0 Å². The van der Waals surface area contributed by atoms with Gasteiger partial charge in [-0.25, -0.2) is 0 Å². The minimum absolute atomic E-state index is 0.442. The number of alkyl halides is 1. The minimum Gasteiger partial charge on any atom is -0.378 e. The summed E-state index contributed by atoms with van der Waals surface area (Å²) in [6, 6.07) is 31.0. The fourth-order valence-corrected chi connectivity index (χ4v) is 3.73. The number of hydrogen-bond donors (Lipinski definition) is 0. The molecule has 0 fully saturated rings. The fourth-order valence-electron chi connectivity index (χ4n) is 3.62. The molecule has 0 bridgehead atoms. The Hall–Kier alpha value is -2.21. The van der Waals surface area contributed by atoms with E-state index in [1.807, 2.05) is 54.6 Å². The highest BCUT2D eigenvalue weighted by Gasteiger charge is 2.37. The van der Waals surface area contributed by atoms with E-state index in [-0.39, 0.29) is 0 Å². The standard InChI is InChI=1S/C27H31ClO4/c28-16-17-29-18-19-30-20-21-31-22-23-32-27(24-10-4-1-5-11-24,25-12-6-2-7-13-25)26-14-8-3-9-15-26/h1-15H,16-23H2. The fraction of sp³-hybridized carbons (Fsp3) is 0.333. The molecule has 0 aliphatic rings. The largest absolute Gasteiger partial charge is 0.378 e. The molecule has 0 heterocycles. The summed E-state index contributed by atoms with van der Waals surface area (Å²) in [7, 11) is 0. The van der Waals surface area contributed by atoms with Crippen LogP contribution in [0, 0.1) is 0 Å². The molecule has 0 unspecified atom stereocenters. The molecule has 0 spiro atoms. The van der Waals surface area contributed by atoms with Crippen molar-refractivity contribution in [3.8, 4) is 0 Å². The summed E-state index contributed by atoms with van der Waals surface area (Å²) < 4.78 is 23.2. The monoisotopic (exact) mass is 454 g/mol. The van der Waals surface area contributed by atoms with E-state index in [0.717, 1.165) is 16.7 Å².